The van der Waals surface area contributed by atoms with Crippen molar-refractivity contribution in [2.45, 2.75) is 45.6 Å². The topological polar surface area (TPSA) is 96.4 Å². The summed E-state index contributed by atoms with van der Waals surface area (Å²) in [4.78, 5) is 13.9. The maximum Gasteiger partial charge on any atom is 0.269 e. The second-order valence-electron chi connectivity index (χ2n) is 7.81. The molecule has 1 heterocycles. The molecule has 9 heteroatoms. The fourth-order valence-corrected chi connectivity index (χ4v) is 3.85. The molecule has 0 aliphatic rings. The number of nitrogens with one attached hydrogen (secondary N) is 1. The van der Waals surface area contributed by atoms with Gasteiger partial charge in [0.25, 0.3) is 5.91 Å². The molecule has 0 saturated carbocycles. The Morgan fingerprint density at radius 1 is 1.31 bits per heavy atom. The summed E-state index contributed by atoms with van der Waals surface area (Å²) in [6.45, 7) is 5.79. The highest BCUT2D eigenvalue weighted by atomic mass is 35.5. The molecule has 0 fully saturated rings. The number of nitrogens with two attached hydrogens (primary N) is 1. The second kappa shape index (κ2) is 10.9. The first-order valence-electron chi connectivity index (χ1n) is 10.7. The van der Waals surface area contributed by atoms with E-state index in [2.05, 4.69) is 29.2 Å². The van der Waals surface area contributed by atoms with E-state index in [9.17, 15) is 14.3 Å². The van der Waals surface area contributed by atoms with Gasteiger partial charge in [0, 0.05) is 36.6 Å². The Labute approximate surface area is 192 Å². The molecule has 2 aromatic carbocycles. The number of carbonyl (C=O) groups excluding carboxylic acids is 1. The predicted octanol–water partition coefficient (Wildman–Crippen LogP) is 3.14. The van der Waals surface area contributed by atoms with Crippen molar-refractivity contribution < 1.29 is 14.3 Å². The standard InChI is InChI=1S/C23H29ClFN5O2/c1-3-15(2)29(14-20(31)27-13-16-7-6-9-18(24)21(16)25)11-12-30-19-10-5-4-8-17(19)22(28-30)23(26)32/h4-10,15,20,27,31H,3,11-14H2,1-2H3,(H2,26,32). The van der Waals surface area contributed by atoms with Crippen LogP contribution in [0.5, 0.6) is 0 Å². The Kier molecular flexibility index (Phi) is 8.20. The zero-order valence-electron chi connectivity index (χ0n) is 18.3. The Morgan fingerprint density at radius 3 is 2.78 bits per heavy atom. The van der Waals surface area contributed by atoms with Gasteiger partial charge in [0.2, 0.25) is 0 Å². The molecule has 3 rings (SSSR count). The van der Waals surface area contributed by atoms with Crippen molar-refractivity contribution in [3.8, 4) is 0 Å². The number of hydrogen-bond donors (Lipinski definition) is 3. The fourth-order valence-electron chi connectivity index (χ4n) is 3.65. The lowest BCUT2D eigenvalue weighted by atomic mass is 10.2. The number of amides is 1. The predicted molar refractivity (Wildman–Crippen MR) is 124 cm³/mol. The van der Waals surface area contributed by atoms with Crippen LogP contribution in [0.25, 0.3) is 10.9 Å². The smallest absolute Gasteiger partial charge is 0.269 e. The van der Waals surface area contributed by atoms with Gasteiger partial charge in [-0.3, -0.25) is 19.7 Å². The van der Waals surface area contributed by atoms with Crippen LogP contribution in [-0.2, 0) is 13.1 Å². The van der Waals surface area contributed by atoms with Crippen molar-refractivity contribution in [1.82, 2.24) is 20.0 Å². The van der Waals surface area contributed by atoms with E-state index < -0.39 is 18.0 Å². The Morgan fingerprint density at radius 2 is 2.06 bits per heavy atom. The highest BCUT2D eigenvalue weighted by molar-refractivity contribution is 6.30. The molecular weight excluding hydrogens is 433 g/mol. The molecule has 1 aromatic heterocycles. The number of aromatic nitrogens is 2. The van der Waals surface area contributed by atoms with Gasteiger partial charge in [-0.25, -0.2) is 4.39 Å². The van der Waals surface area contributed by atoms with Crippen molar-refractivity contribution in [3.63, 3.8) is 0 Å². The quantitative estimate of drug-likeness (QED) is 0.381. The van der Waals surface area contributed by atoms with E-state index in [1.165, 1.54) is 6.07 Å². The molecule has 0 spiro atoms. The van der Waals surface area contributed by atoms with Gasteiger partial charge in [-0.1, -0.05) is 48.9 Å². The molecule has 1 amide bonds. The molecule has 0 saturated heterocycles. The van der Waals surface area contributed by atoms with E-state index in [4.69, 9.17) is 17.3 Å². The van der Waals surface area contributed by atoms with Gasteiger partial charge in [-0.15, -0.1) is 0 Å². The molecule has 0 radical (unpaired) electrons. The summed E-state index contributed by atoms with van der Waals surface area (Å²) < 4.78 is 15.9. The van der Waals surface area contributed by atoms with Crippen LogP contribution in [0.4, 0.5) is 4.39 Å². The summed E-state index contributed by atoms with van der Waals surface area (Å²) in [5, 5.41) is 18.7. The zero-order valence-corrected chi connectivity index (χ0v) is 19.0. The highest BCUT2D eigenvalue weighted by Crippen LogP contribution is 2.19. The van der Waals surface area contributed by atoms with Gasteiger partial charge in [-0.05, 0) is 25.5 Å². The van der Waals surface area contributed by atoms with E-state index in [1.807, 2.05) is 24.3 Å². The van der Waals surface area contributed by atoms with Gasteiger partial charge < -0.3 is 10.8 Å². The molecule has 4 N–H and O–H groups in total. The molecule has 32 heavy (non-hydrogen) atoms. The van der Waals surface area contributed by atoms with Crippen molar-refractivity contribution in [2.75, 3.05) is 13.1 Å². The van der Waals surface area contributed by atoms with Crippen molar-refractivity contribution in [1.29, 1.82) is 0 Å². The van der Waals surface area contributed by atoms with E-state index in [-0.39, 0.29) is 23.3 Å². The number of nitrogens with zero attached hydrogens (tertiary/aromatic N) is 3. The molecule has 2 atom stereocenters. The van der Waals surface area contributed by atoms with Crippen molar-refractivity contribution >= 4 is 28.4 Å². The summed E-state index contributed by atoms with van der Waals surface area (Å²) in [6.07, 6.45) is 0.0279. The van der Waals surface area contributed by atoms with Crippen molar-refractivity contribution in [3.05, 3.63) is 64.6 Å². The maximum absolute atomic E-state index is 14.1. The first-order chi connectivity index (χ1) is 15.3. The number of hydrogen-bond acceptors (Lipinski definition) is 5. The summed E-state index contributed by atoms with van der Waals surface area (Å²) >= 11 is 5.83. The van der Waals surface area contributed by atoms with Gasteiger partial charge in [0.05, 0.1) is 17.1 Å². The van der Waals surface area contributed by atoms with Crippen LogP contribution < -0.4 is 11.1 Å². The lowest BCUT2D eigenvalue weighted by Crippen LogP contribution is -2.45. The number of carbonyl (C=O) groups is 1. The second-order valence-corrected chi connectivity index (χ2v) is 8.22. The van der Waals surface area contributed by atoms with Gasteiger partial charge >= 0.3 is 0 Å². The Hall–Kier alpha value is -2.52. The van der Waals surface area contributed by atoms with E-state index in [0.29, 0.717) is 25.2 Å². The monoisotopic (exact) mass is 461 g/mol. The van der Waals surface area contributed by atoms with Crippen LogP contribution >= 0.6 is 11.6 Å². The Balaban J connectivity index is 1.66. The normalized spacial score (nSPS) is 13.6. The van der Waals surface area contributed by atoms with Crippen LogP contribution in [0, 0.1) is 5.82 Å². The molecule has 0 aliphatic carbocycles. The maximum atomic E-state index is 14.1. The van der Waals surface area contributed by atoms with Crippen LogP contribution in [0.15, 0.2) is 42.5 Å². The van der Waals surface area contributed by atoms with Gasteiger partial charge in [0.15, 0.2) is 5.69 Å². The number of para-hydroxylation sites is 1. The summed E-state index contributed by atoms with van der Waals surface area (Å²) in [5.41, 5.74) is 6.97. The third-order valence-electron chi connectivity index (χ3n) is 5.67. The lowest BCUT2D eigenvalue weighted by molar-refractivity contribution is 0.0630. The average Bonchev–Trinajstić information content (AvgIpc) is 3.16. The largest absolute Gasteiger partial charge is 0.377 e. The average molecular weight is 462 g/mol. The van der Waals surface area contributed by atoms with Crippen LogP contribution in [0.2, 0.25) is 5.02 Å². The zero-order chi connectivity index (χ0) is 23.3. The number of fused-ring (bicyclic) bond motifs is 1. The minimum Gasteiger partial charge on any atom is -0.377 e. The molecule has 0 aliphatic heterocycles. The fraction of sp³-hybridized carbons (Fsp3) is 0.391. The number of rotatable bonds is 11. The molecule has 3 aromatic rings. The molecule has 2 unspecified atom stereocenters. The molecule has 7 nitrogen and oxygen atoms in total. The number of benzene rings is 2. The third-order valence-corrected chi connectivity index (χ3v) is 5.96. The van der Waals surface area contributed by atoms with Crippen LogP contribution in [0.1, 0.15) is 36.3 Å². The van der Waals surface area contributed by atoms with Gasteiger partial charge in [0.1, 0.15) is 12.0 Å². The SMILES string of the molecule is CCC(C)N(CCn1nc(C(N)=O)c2ccccc21)CC(O)NCc1cccc(Cl)c1F. The molecular formula is C23H29ClFN5O2. The summed E-state index contributed by atoms with van der Waals surface area (Å²) in [5.74, 6) is -1.05. The minimum atomic E-state index is -0.863. The van der Waals surface area contributed by atoms with E-state index in [0.717, 1.165) is 17.3 Å². The van der Waals surface area contributed by atoms with Crippen molar-refractivity contribution in [2.24, 2.45) is 5.73 Å². The van der Waals surface area contributed by atoms with Crippen LogP contribution in [-0.4, -0.2) is 51.1 Å². The van der Waals surface area contributed by atoms with E-state index in [1.54, 1.807) is 16.8 Å². The highest BCUT2D eigenvalue weighted by Gasteiger charge is 2.19. The number of aliphatic hydroxyl groups excluding tert-OH is 1. The van der Waals surface area contributed by atoms with Gasteiger partial charge in [-0.2, -0.15) is 5.10 Å². The Bertz CT molecular complexity index is 1070. The van der Waals surface area contributed by atoms with E-state index >= 15 is 0 Å². The van der Waals surface area contributed by atoms with Crippen LogP contribution in [0.3, 0.4) is 0 Å². The number of primary amides is 1. The number of aliphatic hydroxyl groups is 1. The summed E-state index contributed by atoms with van der Waals surface area (Å²) in [7, 11) is 0. The lowest BCUT2D eigenvalue weighted by Gasteiger charge is -2.30. The number of halogens is 2. The summed E-state index contributed by atoms with van der Waals surface area (Å²) in [6, 6.07) is 12.5. The minimum absolute atomic E-state index is 0.0572. The molecule has 172 valence electrons. The first-order valence-corrected chi connectivity index (χ1v) is 11.0. The molecule has 0 bridgehead atoms. The third kappa shape index (κ3) is 5.63. The first kappa shape index (κ1) is 24.1.